The van der Waals surface area contributed by atoms with Crippen molar-refractivity contribution in [3.63, 3.8) is 0 Å². The number of benzene rings is 2. The van der Waals surface area contributed by atoms with Crippen LogP contribution in [0.2, 0.25) is 0 Å². The maximum absolute atomic E-state index is 6.25. The molecule has 2 heterocycles. The summed E-state index contributed by atoms with van der Waals surface area (Å²) in [5, 5.41) is 1.21. The Labute approximate surface area is 155 Å². The fourth-order valence-electron chi connectivity index (χ4n) is 3.85. The number of nitrogens with zero attached hydrogens (tertiary/aromatic N) is 1. The highest BCUT2D eigenvalue weighted by molar-refractivity contribution is 5.81. The molecule has 1 unspecified atom stereocenters. The van der Waals surface area contributed by atoms with Crippen LogP contribution < -0.4 is 0 Å². The van der Waals surface area contributed by atoms with E-state index < -0.39 is 0 Å². The molecular weight excluding hydrogens is 322 g/mol. The van der Waals surface area contributed by atoms with Gasteiger partial charge in [-0.3, -0.25) is 4.90 Å². The smallest absolute Gasteiger partial charge is 0.137 e. The lowest BCUT2D eigenvalue weighted by Crippen LogP contribution is -2.36. The molecule has 3 heteroatoms. The molecule has 3 nitrogen and oxygen atoms in total. The predicted molar refractivity (Wildman–Crippen MR) is 105 cm³/mol. The van der Waals surface area contributed by atoms with Gasteiger partial charge in [-0.2, -0.15) is 0 Å². The van der Waals surface area contributed by atoms with Gasteiger partial charge in [-0.15, -0.1) is 0 Å². The average Bonchev–Trinajstić information content (AvgIpc) is 3.35. The Bertz CT molecular complexity index is 834. The molecule has 0 aliphatic carbocycles. The van der Waals surface area contributed by atoms with E-state index in [2.05, 4.69) is 66.4 Å². The number of ether oxygens (including phenoxy) is 1. The molecule has 26 heavy (non-hydrogen) atoms. The average molecular weight is 349 g/mol. The number of aryl methyl sites for hydroxylation is 1. The third kappa shape index (κ3) is 3.84. The molecule has 0 bridgehead atoms. The molecule has 1 fully saturated rings. The van der Waals surface area contributed by atoms with Gasteiger partial charge in [0, 0.05) is 24.6 Å². The lowest BCUT2D eigenvalue weighted by Gasteiger charge is -2.27. The predicted octanol–water partition coefficient (Wildman–Crippen LogP) is 4.83. The van der Waals surface area contributed by atoms with Gasteiger partial charge in [0.1, 0.15) is 11.3 Å². The fraction of sp³-hybridized carbons (Fsp3) is 0.391. The first kappa shape index (κ1) is 17.3. The molecule has 1 aliphatic heterocycles. The minimum absolute atomic E-state index is 0.484. The zero-order chi connectivity index (χ0) is 17.8. The monoisotopic (exact) mass is 349 g/mol. The minimum Gasteiger partial charge on any atom is -0.459 e. The lowest BCUT2D eigenvalue weighted by atomic mass is 10.1. The van der Waals surface area contributed by atoms with Crippen LogP contribution in [0.25, 0.3) is 11.0 Å². The highest BCUT2D eigenvalue weighted by atomic mass is 16.5. The molecule has 1 atom stereocenters. The maximum Gasteiger partial charge on any atom is 0.137 e. The largest absolute Gasteiger partial charge is 0.459 e. The lowest BCUT2D eigenvalue weighted by molar-refractivity contribution is 0.134. The van der Waals surface area contributed by atoms with E-state index in [0.717, 1.165) is 56.9 Å². The van der Waals surface area contributed by atoms with Crippen LogP contribution in [0.4, 0.5) is 0 Å². The zero-order valence-corrected chi connectivity index (χ0v) is 15.5. The van der Waals surface area contributed by atoms with E-state index in [1.54, 1.807) is 0 Å². The molecule has 136 valence electrons. The Hall–Kier alpha value is -2.10. The molecule has 0 N–H and O–H groups in total. The highest BCUT2D eigenvalue weighted by Gasteiger charge is 2.24. The van der Waals surface area contributed by atoms with Crippen molar-refractivity contribution in [1.29, 1.82) is 0 Å². The third-order valence-electron chi connectivity index (χ3n) is 5.37. The Kier molecular flexibility index (Phi) is 5.37. The summed E-state index contributed by atoms with van der Waals surface area (Å²) in [4.78, 5) is 2.53. The van der Waals surface area contributed by atoms with E-state index in [9.17, 15) is 0 Å². The van der Waals surface area contributed by atoms with Crippen molar-refractivity contribution in [1.82, 2.24) is 4.90 Å². The van der Waals surface area contributed by atoms with Gasteiger partial charge in [0.2, 0.25) is 0 Å². The second kappa shape index (κ2) is 8.07. The summed E-state index contributed by atoms with van der Waals surface area (Å²) in [7, 11) is 0. The van der Waals surface area contributed by atoms with Gasteiger partial charge in [0.25, 0.3) is 0 Å². The molecule has 1 aliphatic rings. The van der Waals surface area contributed by atoms with E-state index in [1.165, 1.54) is 16.5 Å². The molecule has 1 aromatic heterocycles. The second-order valence-electron chi connectivity index (χ2n) is 7.13. The number of rotatable bonds is 7. The van der Waals surface area contributed by atoms with E-state index in [1.807, 2.05) is 0 Å². The number of para-hydroxylation sites is 1. The van der Waals surface area contributed by atoms with E-state index in [0.29, 0.717) is 6.04 Å². The maximum atomic E-state index is 6.25. The van der Waals surface area contributed by atoms with Gasteiger partial charge in [0.15, 0.2) is 0 Å². The quantitative estimate of drug-likeness (QED) is 0.611. The summed E-state index contributed by atoms with van der Waals surface area (Å²) in [6.45, 7) is 5.75. The summed E-state index contributed by atoms with van der Waals surface area (Å²) in [5.41, 5.74) is 3.72. The number of hydrogen-bond acceptors (Lipinski definition) is 3. The van der Waals surface area contributed by atoms with Gasteiger partial charge in [-0.05, 0) is 36.5 Å². The van der Waals surface area contributed by atoms with Crippen molar-refractivity contribution in [2.45, 2.75) is 38.8 Å². The molecule has 0 spiro atoms. The molecule has 0 saturated carbocycles. The summed E-state index contributed by atoms with van der Waals surface area (Å²) < 4.78 is 11.9. The van der Waals surface area contributed by atoms with Gasteiger partial charge in [-0.25, -0.2) is 0 Å². The topological polar surface area (TPSA) is 25.6 Å². The Morgan fingerprint density at radius 2 is 1.96 bits per heavy atom. The van der Waals surface area contributed by atoms with Gasteiger partial charge >= 0.3 is 0 Å². The van der Waals surface area contributed by atoms with E-state index >= 15 is 0 Å². The Morgan fingerprint density at radius 3 is 2.73 bits per heavy atom. The summed E-state index contributed by atoms with van der Waals surface area (Å²) >= 11 is 0. The first-order chi connectivity index (χ1) is 12.8. The molecular formula is C23H27NO2. The minimum atomic E-state index is 0.484. The first-order valence-electron chi connectivity index (χ1n) is 9.69. The SMILES string of the molecule is CCc1cccc2cc(CN(CCc3ccccc3)C3CCOC3)oc12. The van der Waals surface area contributed by atoms with Gasteiger partial charge < -0.3 is 9.15 Å². The van der Waals surface area contributed by atoms with E-state index in [4.69, 9.17) is 9.15 Å². The van der Waals surface area contributed by atoms with Crippen molar-refractivity contribution in [3.8, 4) is 0 Å². The molecule has 0 amide bonds. The van der Waals surface area contributed by atoms with Crippen LogP contribution in [0.5, 0.6) is 0 Å². The van der Waals surface area contributed by atoms with Crippen molar-refractivity contribution < 1.29 is 9.15 Å². The summed E-state index contributed by atoms with van der Waals surface area (Å²) in [5.74, 6) is 1.06. The number of furan rings is 1. The van der Waals surface area contributed by atoms with Crippen LogP contribution in [-0.2, 0) is 24.1 Å². The van der Waals surface area contributed by atoms with Gasteiger partial charge in [0.05, 0.1) is 13.2 Å². The molecule has 3 aromatic rings. The molecule has 0 radical (unpaired) electrons. The normalized spacial score (nSPS) is 17.4. The zero-order valence-electron chi connectivity index (χ0n) is 15.5. The molecule has 4 rings (SSSR count). The van der Waals surface area contributed by atoms with Crippen LogP contribution in [0.1, 0.15) is 30.2 Å². The third-order valence-corrected chi connectivity index (χ3v) is 5.37. The van der Waals surface area contributed by atoms with Crippen molar-refractivity contribution in [2.75, 3.05) is 19.8 Å². The van der Waals surface area contributed by atoms with Crippen LogP contribution in [-0.4, -0.2) is 30.7 Å². The van der Waals surface area contributed by atoms with Crippen molar-refractivity contribution in [2.24, 2.45) is 0 Å². The summed E-state index contributed by atoms with van der Waals surface area (Å²) in [6, 6.07) is 19.8. The van der Waals surface area contributed by atoms with Crippen LogP contribution in [0, 0.1) is 0 Å². The first-order valence-corrected chi connectivity index (χ1v) is 9.69. The fourth-order valence-corrected chi connectivity index (χ4v) is 3.85. The Balaban J connectivity index is 1.52. The number of fused-ring (bicyclic) bond motifs is 1. The standard InChI is InChI=1S/C23H27NO2/c1-2-19-9-6-10-20-15-22(26-23(19)20)16-24(21-12-14-25-17-21)13-11-18-7-4-3-5-8-18/h3-10,15,21H,2,11-14,16-17H2,1H3. The van der Waals surface area contributed by atoms with Crippen LogP contribution in [0.3, 0.4) is 0 Å². The second-order valence-corrected chi connectivity index (χ2v) is 7.13. The number of hydrogen-bond donors (Lipinski definition) is 0. The van der Waals surface area contributed by atoms with E-state index in [-0.39, 0.29) is 0 Å². The van der Waals surface area contributed by atoms with Gasteiger partial charge in [-0.1, -0.05) is 55.5 Å². The molecule has 1 saturated heterocycles. The van der Waals surface area contributed by atoms with Crippen LogP contribution >= 0.6 is 0 Å². The van der Waals surface area contributed by atoms with Crippen molar-refractivity contribution in [3.05, 3.63) is 71.5 Å². The Morgan fingerprint density at radius 1 is 1.08 bits per heavy atom. The summed E-state index contributed by atoms with van der Waals surface area (Å²) in [6.07, 6.45) is 3.16. The highest BCUT2D eigenvalue weighted by Crippen LogP contribution is 2.26. The molecule has 2 aromatic carbocycles. The van der Waals surface area contributed by atoms with Crippen molar-refractivity contribution >= 4 is 11.0 Å². The van der Waals surface area contributed by atoms with Crippen LogP contribution in [0.15, 0.2) is 59.0 Å².